The van der Waals surface area contributed by atoms with Crippen LogP contribution in [0.5, 0.6) is 5.75 Å². The predicted molar refractivity (Wildman–Crippen MR) is 88.9 cm³/mol. The number of amides is 2. The maximum atomic E-state index is 12.3. The van der Waals surface area contributed by atoms with Crippen molar-refractivity contribution in [1.29, 1.82) is 0 Å². The van der Waals surface area contributed by atoms with E-state index in [0.29, 0.717) is 22.7 Å². The van der Waals surface area contributed by atoms with Crippen LogP contribution in [0, 0.1) is 6.92 Å². The predicted octanol–water partition coefficient (Wildman–Crippen LogP) is 3.36. The number of aryl methyl sites for hydroxylation is 1. The molecule has 1 aliphatic heterocycles. The fraction of sp³-hybridized carbons (Fsp3) is 0.222. The van der Waals surface area contributed by atoms with Crippen molar-refractivity contribution in [2.45, 2.75) is 26.4 Å². The molecule has 1 heterocycles. The van der Waals surface area contributed by atoms with Gasteiger partial charge in [0.1, 0.15) is 5.75 Å². The minimum Gasteiger partial charge on any atom is -0.476 e. The van der Waals surface area contributed by atoms with Crippen LogP contribution >= 0.6 is 0 Å². The molecule has 0 spiro atoms. The van der Waals surface area contributed by atoms with Crippen molar-refractivity contribution in [1.82, 2.24) is 0 Å². The monoisotopic (exact) mass is 310 g/mol. The Morgan fingerprint density at radius 3 is 2.52 bits per heavy atom. The van der Waals surface area contributed by atoms with E-state index >= 15 is 0 Å². The minimum atomic E-state index is -0.938. The summed E-state index contributed by atoms with van der Waals surface area (Å²) in [7, 11) is 0. The highest BCUT2D eigenvalue weighted by Gasteiger charge is 2.35. The van der Waals surface area contributed by atoms with Crippen LogP contribution in [0.3, 0.4) is 0 Å². The Bertz CT molecular complexity index is 779. The Labute approximate surface area is 134 Å². The summed E-state index contributed by atoms with van der Waals surface area (Å²) in [6, 6.07) is 12.5. The number of hydrogen-bond donors (Lipinski definition) is 2. The first kappa shape index (κ1) is 15.1. The van der Waals surface area contributed by atoms with Gasteiger partial charge in [0.05, 0.1) is 5.69 Å². The van der Waals surface area contributed by atoms with E-state index in [2.05, 4.69) is 10.6 Å². The topological polar surface area (TPSA) is 67.4 Å². The van der Waals surface area contributed by atoms with Crippen LogP contribution in [0.15, 0.2) is 42.5 Å². The van der Waals surface area contributed by atoms with Gasteiger partial charge < -0.3 is 15.4 Å². The lowest BCUT2D eigenvalue weighted by Gasteiger charge is -2.31. The normalized spacial score (nSPS) is 15.2. The van der Waals surface area contributed by atoms with Crippen molar-refractivity contribution in [2.24, 2.45) is 0 Å². The number of hydrogen-bond acceptors (Lipinski definition) is 3. The summed E-state index contributed by atoms with van der Waals surface area (Å²) < 4.78 is 5.71. The van der Waals surface area contributed by atoms with Crippen molar-refractivity contribution in [3.8, 4) is 5.75 Å². The van der Waals surface area contributed by atoms with Crippen molar-refractivity contribution >= 4 is 23.2 Å². The molecule has 0 radical (unpaired) electrons. The summed E-state index contributed by atoms with van der Waals surface area (Å²) in [5.74, 6) is 0.154. The first-order valence-electron chi connectivity index (χ1n) is 7.38. The molecule has 2 N–H and O–H groups in total. The number of nitrogens with one attached hydrogen (secondary N) is 2. The molecule has 0 bridgehead atoms. The Hall–Kier alpha value is -2.82. The van der Waals surface area contributed by atoms with E-state index in [1.165, 1.54) is 0 Å². The Morgan fingerprint density at radius 2 is 1.83 bits per heavy atom. The fourth-order valence-corrected chi connectivity index (χ4v) is 2.29. The van der Waals surface area contributed by atoms with Gasteiger partial charge in [-0.3, -0.25) is 9.59 Å². The number of rotatable bonds is 2. The van der Waals surface area contributed by atoms with Crippen LogP contribution in [0.2, 0.25) is 0 Å². The summed E-state index contributed by atoms with van der Waals surface area (Å²) in [6.45, 7) is 5.37. The van der Waals surface area contributed by atoms with Gasteiger partial charge in [-0.15, -0.1) is 0 Å². The molecule has 2 aromatic carbocycles. The molecule has 1 aliphatic rings. The molecule has 23 heavy (non-hydrogen) atoms. The summed E-state index contributed by atoms with van der Waals surface area (Å²) in [4.78, 5) is 24.1. The highest BCUT2D eigenvalue weighted by molar-refractivity contribution is 6.05. The van der Waals surface area contributed by atoms with Gasteiger partial charge in [-0.25, -0.2) is 0 Å². The smallest absolute Gasteiger partial charge is 0.268 e. The van der Waals surface area contributed by atoms with E-state index in [9.17, 15) is 9.59 Å². The fourth-order valence-electron chi connectivity index (χ4n) is 2.29. The molecule has 0 saturated carbocycles. The maximum absolute atomic E-state index is 12.3. The molecular formula is C18H18N2O3. The third kappa shape index (κ3) is 3.04. The minimum absolute atomic E-state index is 0.191. The lowest BCUT2D eigenvalue weighted by Crippen LogP contribution is -2.45. The SMILES string of the molecule is Cc1ccc(C(=O)Nc2ccc3c(c2)OC(C)(C)C(=O)N3)cc1. The second kappa shape index (κ2) is 5.43. The van der Waals surface area contributed by atoms with E-state index in [1.807, 2.05) is 19.1 Å². The zero-order valence-corrected chi connectivity index (χ0v) is 13.3. The molecule has 3 rings (SSSR count). The van der Waals surface area contributed by atoms with E-state index in [0.717, 1.165) is 5.56 Å². The van der Waals surface area contributed by atoms with Gasteiger partial charge in [0, 0.05) is 17.3 Å². The molecule has 2 amide bonds. The van der Waals surface area contributed by atoms with Crippen LogP contribution < -0.4 is 15.4 Å². The van der Waals surface area contributed by atoms with Gasteiger partial charge in [0.2, 0.25) is 0 Å². The molecule has 0 unspecified atom stereocenters. The standard InChI is InChI=1S/C18H18N2O3/c1-11-4-6-12(7-5-11)16(21)19-13-8-9-14-15(10-13)23-18(2,3)17(22)20-14/h4-10H,1-3H3,(H,19,21)(H,20,22). The first-order chi connectivity index (χ1) is 10.8. The van der Waals surface area contributed by atoms with Crippen molar-refractivity contribution in [2.75, 3.05) is 10.6 Å². The summed E-state index contributed by atoms with van der Waals surface area (Å²) in [5.41, 5.74) is 1.96. The van der Waals surface area contributed by atoms with Crippen molar-refractivity contribution in [3.05, 3.63) is 53.6 Å². The van der Waals surface area contributed by atoms with Crippen LogP contribution in [0.4, 0.5) is 11.4 Å². The van der Waals surface area contributed by atoms with Gasteiger partial charge in [0.25, 0.3) is 11.8 Å². The number of benzene rings is 2. The molecule has 5 nitrogen and oxygen atoms in total. The molecule has 0 aliphatic carbocycles. The second-order valence-electron chi connectivity index (χ2n) is 6.10. The zero-order chi connectivity index (χ0) is 16.6. The molecule has 0 fully saturated rings. The molecule has 118 valence electrons. The van der Waals surface area contributed by atoms with Gasteiger partial charge in [-0.05, 0) is 45.0 Å². The van der Waals surface area contributed by atoms with Crippen molar-refractivity contribution in [3.63, 3.8) is 0 Å². The summed E-state index contributed by atoms with van der Waals surface area (Å²) in [6.07, 6.45) is 0. The third-order valence-corrected chi connectivity index (χ3v) is 3.71. The van der Waals surface area contributed by atoms with E-state index in [4.69, 9.17) is 4.74 Å². The number of carbonyl (C=O) groups is 2. The largest absolute Gasteiger partial charge is 0.476 e. The van der Waals surface area contributed by atoms with Gasteiger partial charge in [0.15, 0.2) is 5.60 Å². The average Bonchev–Trinajstić information content (AvgIpc) is 2.49. The Balaban J connectivity index is 1.81. The second-order valence-corrected chi connectivity index (χ2v) is 6.10. The highest BCUT2D eigenvalue weighted by Crippen LogP contribution is 2.35. The lowest BCUT2D eigenvalue weighted by molar-refractivity contribution is -0.129. The van der Waals surface area contributed by atoms with E-state index in [1.54, 1.807) is 44.2 Å². The average molecular weight is 310 g/mol. The lowest BCUT2D eigenvalue weighted by atomic mass is 10.1. The van der Waals surface area contributed by atoms with Crippen LogP contribution in [0.25, 0.3) is 0 Å². The molecule has 0 aromatic heterocycles. The zero-order valence-electron chi connectivity index (χ0n) is 13.3. The van der Waals surface area contributed by atoms with Gasteiger partial charge in [-0.1, -0.05) is 17.7 Å². The van der Waals surface area contributed by atoms with Gasteiger partial charge >= 0.3 is 0 Å². The van der Waals surface area contributed by atoms with Crippen molar-refractivity contribution < 1.29 is 14.3 Å². The first-order valence-corrected chi connectivity index (χ1v) is 7.38. The quantitative estimate of drug-likeness (QED) is 0.894. The molecule has 0 saturated heterocycles. The van der Waals surface area contributed by atoms with E-state index in [-0.39, 0.29) is 11.8 Å². The van der Waals surface area contributed by atoms with E-state index < -0.39 is 5.60 Å². The van der Waals surface area contributed by atoms with Crippen LogP contribution in [0.1, 0.15) is 29.8 Å². The maximum Gasteiger partial charge on any atom is 0.268 e. The molecule has 0 atom stereocenters. The summed E-state index contributed by atoms with van der Waals surface area (Å²) >= 11 is 0. The highest BCUT2D eigenvalue weighted by atomic mass is 16.5. The molecule has 5 heteroatoms. The number of ether oxygens (including phenoxy) is 1. The molecular weight excluding hydrogens is 292 g/mol. The van der Waals surface area contributed by atoms with Gasteiger partial charge in [-0.2, -0.15) is 0 Å². The Morgan fingerprint density at radius 1 is 1.13 bits per heavy atom. The number of carbonyl (C=O) groups excluding carboxylic acids is 2. The molecule has 2 aromatic rings. The van der Waals surface area contributed by atoms with Crippen LogP contribution in [-0.2, 0) is 4.79 Å². The number of fused-ring (bicyclic) bond motifs is 1. The van der Waals surface area contributed by atoms with Crippen LogP contribution in [-0.4, -0.2) is 17.4 Å². The number of anilines is 2. The third-order valence-electron chi connectivity index (χ3n) is 3.71. The Kier molecular flexibility index (Phi) is 3.56. The summed E-state index contributed by atoms with van der Waals surface area (Å²) in [5, 5.41) is 5.63.